The van der Waals surface area contributed by atoms with Crippen LogP contribution in [0, 0.1) is 5.92 Å². The van der Waals surface area contributed by atoms with E-state index >= 15 is 0 Å². The normalized spacial score (nSPS) is 16.1. The van der Waals surface area contributed by atoms with E-state index in [2.05, 4.69) is 32.0 Å². The van der Waals surface area contributed by atoms with Crippen LogP contribution in [0.15, 0.2) is 21.8 Å². The summed E-state index contributed by atoms with van der Waals surface area (Å²) in [5.41, 5.74) is 1.27. The molecule has 0 bridgehead atoms. The molecule has 1 aromatic heterocycles. The van der Waals surface area contributed by atoms with Crippen molar-refractivity contribution >= 4 is 47.2 Å². The van der Waals surface area contributed by atoms with Gasteiger partial charge in [-0.05, 0) is 42.2 Å². The summed E-state index contributed by atoms with van der Waals surface area (Å²) in [6, 6.07) is 2.11. The number of esters is 1. The van der Waals surface area contributed by atoms with Crippen molar-refractivity contribution < 1.29 is 9.53 Å². The van der Waals surface area contributed by atoms with Crippen LogP contribution < -0.4 is 5.32 Å². The second-order valence-corrected chi connectivity index (χ2v) is 5.83. The van der Waals surface area contributed by atoms with Gasteiger partial charge in [0.2, 0.25) is 0 Å². The molecule has 7 heteroatoms. The van der Waals surface area contributed by atoms with Crippen molar-refractivity contribution in [2.24, 2.45) is 10.9 Å². The van der Waals surface area contributed by atoms with Crippen LogP contribution in [-0.2, 0) is 16.1 Å². The average molecular weight is 437 g/mol. The number of ether oxygens (including phenoxy) is 1. The van der Waals surface area contributed by atoms with E-state index in [1.54, 1.807) is 18.4 Å². The molecule has 0 spiro atoms. The van der Waals surface area contributed by atoms with Gasteiger partial charge in [-0.3, -0.25) is 9.79 Å². The number of halogens is 1. The molecule has 5 nitrogen and oxygen atoms in total. The minimum atomic E-state index is -0.0571. The Morgan fingerprint density at radius 1 is 1.50 bits per heavy atom. The molecule has 1 N–H and O–H groups in total. The van der Waals surface area contributed by atoms with E-state index in [0.717, 1.165) is 38.4 Å². The van der Waals surface area contributed by atoms with Crippen LogP contribution in [0.2, 0.25) is 0 Å². The predicted molar refractivity (Wildman–Crippen MR) is 101 cm³/mol. The number of nitrogens with zero attached hydrogens (tertiary/aromatic N) is 2. The van der Waals surface area contributed by atoms with E-state index in [1.165, 1.54) is 5.56 Å². The molecule has 0 aromatic carbocycles. The van der Waals surface area contributed by atoms with Crippen molar-refractivity contribution in [2.75, 3.05) is 26.7 Å². The summed E-state index contributed by atoms with van der Waals surface area (Å²) in [4.78, 5) is 18.3. The highest BCUT2D eigenvalue weighted by atomic mass is 127. The van der Waals surface area contributed by atoms with Crippen molar-refractivity contribution in [3.63, 3.8) is 0 Å². The summed E-state index contributed by atoms with van der Waals surface area (Å²) in [7, 11) is 1.80. The quantitative estimate of drug-likeness (QED) is 0.341. The van der Waals surface area contributed by atoms with E-state index in [4.69, 9.17) is 4.74 Å². The van der Waals surface area contributed by atoms with Gasteiger partial charge in [0.15, 0.2) is 5.96 Å². The number of carbonyl (C=O) groups excluding carboxylic acids is 1. The van der Waals surface area contributed by atoms with Crippen LogP contribution in [0.1, 0.15) is 25.3 Å². The maximum Gasteiger partial charge on any atom is 0.309 e. The minimum Gasteiger partial charge on any atom is -0.466 e. The van der Waals surface area contributed by atoms with Crippen LogP contribution >= 0.6 is 35.3 Å². The molecule has 1 aliphatic rings. The van der Waals surface area contributed by atoms with Gasteiger partial charge in [-0.1, -0.05) is 0 Å². The molecular formula is C15H24IN3O2S. The van der Waals surface area contributed by atoms with Crippen LogP contribution in [0.4, 0.5) is 0 Å². The second kappa shape index (κ2) is 10.0. The average Bonchev–Trinajstić information content (AvgIpc) is 3.02. The van der Waals surface area contributed by atoms with Crippen LogP contribution in [0.25, 0.3) is 0 Å². The summed E-state index contributed by atoms with van der Waals surface area (Å²) in [5.74, 6) is 0.887. The monoisotopic (exact) mass is 437 g/mol. The molecule has 0 amide bonds. The first-order chi connectivity index (χ1) is 10.2. The lowest BCUT2D eigenvalue weighted by molar-refractivity contribution is -0.149. The van der Waals surface area contributed by atoms with E-state index in [-0.39, 0.29) is 35.9 Å². The summed E-state index contributed by atoms with van der Waals surface area (Å²) < 4.78 is 5.10. The summed E-state index contributed by atoms with van der Waals surface area (Å²) >= 11 is 1.70. The minimum absolute atomic E-state index is 0. The third-order valence-electron chi connectivity index (χ3n) is 3.66. The molecule has 2 rings (SSSR count). The maximum atomic E-state index is 11.7. The molecule has 0 radical (unpaired) electrons. The number of piperidine rings is 1. The topological polar surface area (TPSA) is 53.9 Å². The molecule has 1 aliphatic heterocycles. The zero-order chi connectivity index (χ0) is 15.1. The number of hydrogen-bond acceptors (Lipinski definition) is 4. The summed E-state index contributed by atoms with van der Waals surface area (Å²) in [5, 5.41) is 7.58. The third-order valence-corrected chi connectivity index (χ3v) is 4.39. The number of thiophene rings is 1. The van der Waals surface area contributed by atoms with Gasteiger partial charge in [0.05, 0.1) is 12.5 Å². The Morgan fingerprint density at radius 2 is 2.23 bits per heavy atom. The van der Waals surface area contributed by atoms with E-state index in [1.807, 2.05) is 6.92 Å². The SMILES string of the molecule is CCOC(=O)C1CCN(C(=NC)NCc2ccsc2)CC1.I. The van der Waals surface area contributed by atoms with Crippen molar-refractivity contribution in [1.29, 1.82) is 0 Å². The highest BCUT2D eigenvalue weighted by molar-refractivity contribution is 14.0. The molecular weight excluding hydrogens is 413 g/mol. The van der Waals surface area contributed by atoms with E-state index in [9.17, 15) is 4.79 Å². The first-order valence-electron chi connectivity index (χ1n) is 7.38. The lowest BCUT2D eigenvalue weighted by Gasteiger charge is -2.33. The Balaban J connectivity index is 0.00000242. The number of likely N-dealkylation sites (tertiary alicyclic amines) is 1. The van der Waals surface area contributed by atoms with Gasteiger partial charge in [0, 0.05) is 26.7 Å². The molecule has 124 valence electrons. The smallest absolute Gasteiger partial charge is 0.309 e. The van der Waals surface area contributed by atoms with Gasteiger partial charge in [-0.2, -0.15) is 11.3 Å². The van der Waals surface area contributed by atoms with Crippen LogP contribution in [0.3, 0.4) is 0 Å². The standard InChI is InChI=1S/C15H23N3O2S.HI/c1-3-20-14(19)13-4-7-18(8-5-13)15(16-2)17-10-12-6-9-21-11-12;/h6,9,11,13H,3-5,7-8,10H2,1-2H3,(H,16,17);1H. The lowest BCUT2D eigenvalue weighted by Crippen LogP contribution is -2.46. The zero-order valence-corrected chi connectivity index (χ0v) is 16.2. The molecule has 0 atom stereocenters. The fourth-order valence-electron chi connectivity index (χ4n) is 2.49. The van der Waals surface area contributed by atoms with Gasteiger partial charge in [-0.15, -0.1) is 24.0 Å². The first-order valence-corrected chi connectivity index (χ1v) is 8.32. The first kappa shape index (κ1) is 19.2. The van der Waals surface area contributed by atoms with Crippen molar-refractivity contribution in [3.05, 3.63) is 22.4 Å². The largest absolute Gasteiger partial charge is 0.466 e. The lowest BCUT2D eigenvalue weighted by atomic mass is 9.97. The second-order valence-electron chi connectivity index (χ2n) is 5.05. The van der Waals surface area contributed by atoms with Crippen molar-refractivity contribution in [2.45, 2.75) is 26.3 Å². The highest BCUT2D eigenvalue weighted by Gasteiger charge is 2.27. The number of nitrogens with one attached hydrogen (secondary N) is 1. The molecule has 0 aliphatic carbocycles. The number of aliphatic imine (C=N–C) groups is 1. The number of guanidine groups is 1. The Labute approximate surface area is 153 Å². The molecule has 2 heterocycles. The van der Waals surface area contributed by atoms with E-state index < -0.39 is 0 Å². The summed E-state index contributed by atoms with van der Waals surface area (Å²) in [6.45, 7) is 4.78. The Bertz CT molecular complexity index is 471. The molecule has 0 saturated carbocycles. The Hall–Kier alpha value is -0.830. The van der Waals surface area contributed by atoms with E-state index in [0.29, 0.717) is 6.61 Å². The maximum absolute atomic E-state index is 11.7. The highest BCUT2D eigenvalue weighted by Crippen LogP contribution is 2.18. The number of hydrogen-bond donors (Lipinski definition) is 1. The van der Waals surface area contributed by atoms with Gasteiger partial charge in [0.1, 0.15) is 0 Å². The molecule has 1 fully saturated rings. The molecule has 0 unspecified atom stereocenters. The van der Waals surface area contributed by atoms with Gasteiger partial charge in [-0.25, -0.2) is 0 Å². The zero-order valence-electron chi connectivity index (χ0n) is 13.1. The fraction of sp³-hybridized carbons (Fsp3) is 0.600. The van der Waals surface area contributed by atoms with Crippen LogP contribution in [-0.4, -0.2) is 43.6 Å². The number of carbonyl (C=O) groups is 1. The summed E-state index contributed by atoms with van der Waals surface area (Å²) in [6.07, 6.45) is 1.66. The predicted octanol–water partition coefficient (Wildman–Crippen LogP) is 2.72. The molecule has 1 aromatic rings. The fourth-order valence-corrected chi connectivity index (χ4v) is 3.16. The number of rotatable bonds is 4. The van der Waals surface area contributed by atoms with Crippen molar-refractivity contribution in [1.82, 2.24) is 10.2 Å². The molecule has 1 saturated heterocycles. The van der Waals surface area contributed by atoms with Gasteiger partial charge < -0.3 is 15.0 Å². The molecule has 22 heavy (non-hydrogen) atoms. The van der Waals surface area contributed by atoms with Gasteiger partial charge in [0.25, 0.3) is 0 Å². The van der Waals surface area contributed by atoms with Crippen LogP contribution in [0.5, 0.6) is 0 Å². The Morgan fingerprint density at radius 3 is 2.77 bits per heavy atom. The Kier molecular flexibility index (Phi) is 8.77. The van der Waals surface area contributed by atoms with Crippen molar-refractivity contribution in [3.8, 4) is 0 Å². The van der Waals surface area contributed by atoms with Gasteiger partial charge >= 0.3 is 5.97 Å². The third kappa shape index (κ3) is 5.42.